The Morgan fingerprint density at radius 1 is 1.00 bits per heavy atom. The lowest BCUT2D eigenvalue weighted by atomic mass is 9.88. The Bertz CT molecular complexity index is 838. The zero-order valence-electron chi connectivity index (χ0n) is 16.0. The van der Waals surface area contributed by atoms with Gasteiger partial charge in [0, 0.05) is 37.7 Å². The van der Waals surface area contributed by atoms with Crippen LogP contribution in [-0.4, -0.2) is 57.8 Å². The lowest BCUT2D eigenvalue weighted by molar-refractivity contribution is -0.136. The molecule has 4 rings (SSSR count). The number of carbonyl (C=O) groups excluding carboxylic acids is 2. The van der Waals surface area contributed by atoms with E-state index in [9.17, 15) is 9.59 Å². The van der Waals surface area contributed by atoms with Crippen molar-refractivity contribution in [3.63, 3.8) is 0 Å². The molecule has 1 aliphatic heterocycles. The SMILES string of the molecule is Cc1nc2ccc(C(=O)N3CCCN(C(=O)C4CCCCC4)CC3)cc2[nH]1. The number of fused-ring (bicyclic) bond motifs is 1. The smallest absolute Gasteiger partial charge is 0.253 e. The van der Waals surface area contributed by atoms with Crippen LogP contribution < -0.4 is 0 Å². The first-order valence-electron chi connectivity index (χ1n) is 10.2. The quantitative estimate of drug-likeness (QED) is 0.885. The van der Waals surface area contributed by atoms with Crippen LogP contribution in [0.5, 0.6) is 0 Å². The molecule has 144 valence electrons. The molecular weight excluding hydrogens is 340 g/mol. The number of imidazole rings is 1. The van der Waals surface area contributed by atoms with Crippen LogP contribution in [0.25, 0.3) is 11.0 Å². The number of aromatic nitrogens is 2. The van der Waals surface area contributed by atoms with E-state index in [2.05, 4.69) is 9.97 Å². The number of amides is 2. The summed E-state index contributed by atoms with van der Waals surface area (Å²) in [5.41, 5.74) is 2.45. The van der Waals surface area contributed by atoms with Gasteiger partial charge in [0.1, 0.15) is 5.82 Å². The van der Waals surface area contributed by atoms with Gasteiger partial charge in [0.25, 0.3) is 5.91 Å². The Balaban J connectivity index is 1.42. The second-order valence-electron chi connectivity index (χ2n) is 7.86. The standard InChI is InChI=1S/C21H28N4O2/c1-15-22-18-9-8-17(14-19(18)23-15)21(27)25-11-5-10-24(12-13-25)20(26)16-6-3-2-4-7-16/h8-9,14,16H,2-7,10-13H2,1H3,(H,22,23). The third-order valence-electron chi connectivity index (χ3n) is 5.90. The van der Waals surface area contributed by atoms with Gasteiger partial charge in [-0.25, -0.2) is 4.98 Å². The minimum atomic E-state index is 0.0381. The van der Waals surface area contributed by atoms with E-state index < -0.39 is 0 Å². The molecule has 6 nitrogen and oxygen atoms in total. The first-order chi connectivity index (χ1) is 13.1. The maximum atomic E-state index is 13.0. The molecule has 2 amide bonds. The number of rotatable bonds is 2. The van der Waals surface area contributed by atoms with Gasteiger partial charge in [0.15, 0.2) is 0 Å². The van der Waals surface area contributed by atoms with Crippen LogP contribution in [0, 0.1) is 12.8 Å². The maximum absolute atomic E-state index is 13.0. The van der Waals surface area contributed by atoms with Gasteiger partial charge < -0.3 is 14.8 Å². The van der Waals surface area contributed by atoms with Gasteiger partial charge in [-0.15, -0.1) is 0 Å². The van der Waals surface area contributed by atoms with Gasteiger partial charge in [-0.1, -0.05) is 19.3 Å². The first kappa shape index (κ1) is 18.0. The largest absolute Gasteiger partial charge is 0.342 e. The van der Waals surface area contributed by atoms with Crippen LogP contribution in [0.2, 0.25) is 0 Å². The van der Waals surface area contributed by atoms with Crippen molar-refractivity contribution in [3.05, 3.63) is 29.6 Å². The zero-order chi connectivity index (χ0) is 18.8. The van der Waals surface area contributed by atoms with Crippen LogP contribution >= 0.6 is 0 Å². The monoisotopic (exact) mass is 368 g/mol. The Hall–Kier alpha value is -2.37. The fourth-order valence-electron chi connectivity index (χ4n) is 4.40. The highest BCUT2D eigenvalue weighted by Crippen LogP contribution is 2.26. The van der Waals surface area contributed by atoms with E-state index in [1.165, 1.54) is 19.3 Å². The molecule has 27 heavy (non-hydrogen) atoms. The Kier molecular flexibility index (Phi) is 5.14. The molecule has 1 N–H and O–H groups in total. The molecule has 1 aromatic carbocycles. The number of benzene rings is 1. The molecule has 0 atom stereocenters. The van der Waals surface area contributed by atoms with E-state index in [4.69, 9.17) is 0 Å². The number of hydrogen-bond acceptors (Lipinski definition) is 3. The highest BCUT2D eigenvalue weighted by molar-refractivity contribution is 5.97. The average Bonchev–Trinajstić information content (AvgIpc) is 2.90. The van der Waals surface area contributed by atoms with Crippen molar-refractivity contribution >= 4 is 22.8 Å². The molecule has 2 fully saturated rings. The van der Waals surface area contributed by atoms with E-state index in [0.717, 1.165) is 42.7 Å². The number of aryl methyl sites for hydroxylation is 1. The van der Waals surface area contributed by atoms with Gasteiger partial charge >= 0.3 is 0 Å². The topological polar surface area (TPSA) is 69.3 Å². The molecule has 1 aromatic heterocycles. The van der Waals surface area contributed by atoms with Crippen molar-refractivity contribution in [1.82, 2.24) is 19.8 Å². The average molecular weight is 368 g/mol. The van der Waals surface area contributed by atoms with Crippen LogP contribution in [0.15, 0.2) is 18.2 Å². The second kappa shape index (κ2) is 7.71. The molecule has 6 heteroatoms. The number of hydrogen-bond donors (Lipinski definition) is 1. The normalized spacial score (nSPS) is 19.3. The van der Waals surface area contributed by atoms with Gasteiger partial charge in [-0.2, -0.15) is 0 Å². The molecule has 1 aliphatic carbocycles. The van der Waals surface area contributed by atoms with Gasteiger partial charge in [0.05, 0.1) is 11.0 Å². The summed E-state index contributed by atoms with van der Waals surface area (Å²) in [6, 6.07) is 5.62. The van der Waals surface area contributed by atoms with E-state index in [0.29, 0.717) is 31.1 Å². The lowest BCUT2D eigenvalue weighted by Gasteiger charge is -2.28. The predicted molar refractivity (Wildman–Crippen MR) is 105 cm³/mol. The van der Waals surface area contributed by atoms with Crippen molar-refractivity contribution in [2.75, 3.05) is 26.2 Å². The summed E-state index contributed by atoms with van der Waals surface area (Å²) in [5, 5.41) is 0. The predicted octanol–water partition coefficient (Wildman–Crippen LogP) is 3.13. The summed E-state index contributed by atoms with van der Waals surface area (Å²) < 4.78 is 0. The second-order valence-corrected chi connectivity index (χ2v) is 7.86. The van der Waals surface area contributed by atoms with Crippen molar-refractivity contribution in [1.29, 1.82) is 0 Å². The molecule has 1 saturated carbocycles. The van der Waals surface area contributed by atoms with Crippen LogP contribution in [0.3, 0.4) is 0 Å². The fourth-order valence-corrected chi connectivity index (χ4v) is 4.40. The van der Waals surface area contributed by atoms with Crippen molar-refractivity contribution in [2.24, 2.45) is 5.92 Å². The number of carbonyl (C=O) groups is 2. The molecule has 2 heterocycles. The Labute approximate surface area is 159 Å². The molecular formula is C21H28N4O2. The van der Waals surface area contributed by atoms with E-state index in [-0.39, 0.29) is 11.8 Å². The van der Waals surface area contributed by atoms with Crippen LogP contribution in [-0.2, 0) is 4.79 Å². The number of nitrogens with one attached hydrogen (secondary N) is 1. The number of H-pyrrole nitrogens is 1. The van der Waals surface area contributed by atoms with E-state index in [1.807, 2.05) is 34.9 Å². The Morgan fingerprint density at radius 3 is 2.56 bits per heavy atom. The highest BCUT2D eigenvalue weighted by atomic mass is 16.2. The van der Waals surface area contributed by atoms with Crippen LogP contribution in [0.1, 0.15) is 54.7 Å². The molecule has 2 aromatic rings. The third kappa shape index (κ3) is 3.84. The summed E-state index contributed by atoms with van der Waals surface area (Å²) in [6.45, 7) is 4.63. The highest BCUT2D eigenvalue weighted by Gasteiger charge is 2.28. The summed E-state index contributed by atoms with van der Waals surface area (Å²) in [4.78, 5) is 37.2. The summed E-state index contributed by atoms with van der Waals surface area (Å²) >= 11 is 0. The Morgan fingerprint density at radius 2 is 1.74 bits per heavy atom. The van der Waals surface area contributed by atoms with Gasteiger partial charge in [0.2, 0.25) is 5.91 Å². The van der Waals surface area contributed by atoms with Crippen molar-refractivity contribution < 1.29 is 9.59 Å². The molecule has 1 saturated heterocycles. The van der Waals surface area contributed by atoms with Gasteiger partial charge in [-0.3, -0.25) is 9.59 Å². The van der Waals surface area contributed by atoms with E-state index >= 15 is 0 Å². The third-order valence-corrected chi connectivity index (χ3v) is 5.90. The number of aromatic amines is 1. The minimum absolute atomic E-state index is 0.0381. The van der Waals surface area contributed by atoms with Crippen molar-refractivity contribution in [2.45, 2.75) is 45.4 Å². The summed E-state index contributed by atoms with van der Waals surface area (Å²) in [6.07, 6.45) is 6.50. The van der Waals surface area contributed by atoms with E-state index in [1.54, 1.807) is 0 Å². The summed E-state index contributed by atoms with van der Waals surface area (Å²) in [7, 11) is 0. The molecule has 0 spiro atoms. The molecule has 0 radical (unpaired) electrons. The summed E-state index contributed by atoms with van der Waals surface area (Å²) in [5.74, 6) is 1.39. The fraction of sp³-hybridized carbons (Fsp3) is 0.571. The van der Waals surface area contributed by atoms with Crippen LogP contribution in [0.4, 0.5) is 0 Å². The first-order valence-corrected chi connectivity index (χ1v) is 10.2. The maximum Gasteiger partial charge on any atom is 0.253 e. The lowest BCUT2D eigenvalue weighted by Crippen LogP contribution is -2.40. The van der Waals surface area contributed by atoms with Crippen molar-refractivity contribution in [3.8, 4) is 0 Å². The molecule has 2 aliphatic rings. The zero-order valence-corrected chi connectivity index (χ0v) is 16.0. The van der Waals surface area contributed by atoms with Gasteiger partial charge in [-0.05, 0) is 44.4 Å². The number of nitrogens with zero attached hydrogens (tertiary/aromatic N) is 3. The molecule has 0 unspecified atom stereocenters. The minimum Gasteiger partial charge on any atom is -0.342 e. The molecule has 0 bridgehead atoms.